The maximum Gasteiger partial charge on any atom is 0.0474 e. The van der Waals surface area contributed by atoms with Crippen molar-refractivity contribution in [1.29, 1.82) is 0 Å². The molecular formula is C10H12BrCl. The fourth-order valence-corrected chi connectivity index (χ4v) is 1.59. The first-order valence-corrected chi connectivity index (χ1v) is 5.72. The summed E-state index contributed by atoms with van der Waals surface area (Å²) in [5.74, 6) is 0.613. The Labute approximate surface area is 87.1 Å². The molecule has 1 aromatic rings. The molecule has 1 aromatic carbocycles. The highest BCUT2D eigenvalue weighted by molar-refractivity contribution is 9.09. The predicted molar refractivity (Wildman–Crippen MR) is 58.1 cm³/mol. The normalized spacial score (nSPS) is 10.2. The van der Waals surface area contributed by atoms with Gasteiger partial charge in [-0.3, -0.25) is 0 Å². The van der Waals surface area contributed by atoms with Crippen LogP contribution in [0.3, 0.4) is 0 Å². The SMILES string of the molecule is ClCc1cccc(CCCBr)c1. The number of halogens is 2. The summed E-state index contributed by atoms with van der Waals surface area (Å²) in [6, 6.07) is 8.46. The van der Waals surface area contributed by atoms with Crippen LogP contribution in [-0.4, -0.2) is 5.33 Å². The molecule has 0 aliphatic rings. The Balaban J connectivity index is 2.60. The Bertz CT molecular complexity index is 235. The lowest BCUT2D eigenvalue weighted by Crippen LogP contribution is -1.87. The third-order valence-electron chi connectivity index (χ3n) is 1.74. The molecule has 66 valence electrons. The minimum Gasteiger partial charge on any atom is -0.122 e. The van der Waals surface area contributed by atoms with Gasteiger partial charge in [0, 0.05) is 11.2 Å². The maximum atomic E-state index is 5.72. The topological polar surface area (TPSA) is 0 Å². The van der Waals surface area contributed by atoms with E-state index in [0.717, 1.165) is 11.8 Å². The van der Waals surface area contributed by atoms with Gasteiger partial charge in [-0.2, -0.15) is 0 Å². The van der Waals surface area contributed by atoms with Crippen molar-refractivity contribution in [3.8, 4) is 0 Å². The van der Waals surface area contributed by atoms with E-state index in [-0.39, 0.29) is 0 Å². The molecule has 0 amide bonds. The lowest BCUT2D eigenvalue weighted by Gasteiger charge is -2.00. The molecule has 0 unspecified atom stereocenters. The number of hydrogen-bond donors (Lipinski definition) is 0. The van der Waals surface area contributed by atoms with Gasteiger partial charge in [-0.1, -0.05) is 40.2 Å². The number of benzene rings is 1. The van der Waals surface area contributed by atoms with Crippen molar-refractivity contribution >= 4 is 27.5 Å². The zero-order valence-electron chi connectivity index (χ0n) is 6.89. The zero-order chi connectivity index (χ0) is 8.81. The molecule has 0 aromatic heterocycles. The van der Waals surface area contributed by atoms with E-state index in [0.29, 0.717) is 5.88 Å². The van der Waals surface area contributed by atoms with E-state index >= 15 is 0 Å². The quantitative estimate of drug-likeness (QED) is 0.711. The van der Waals surface area contributed by atoms with Gasteiger partial charge < -0.3 is 0 Å². The summed E-state index contributed by atoms with van der Waals surface area (Å²) in [6.07, 6.45) is 2.32. The third kappa shape index (κ3) is 3.16. The molecule has 0 heterocycles. The molecule has 0 saturated carbocycles. The first-order chi connectivity index (χ1) is 5.86. The molecule has 1 rings (SSSR count). The lowest BCUT2D eigenvalue weighted by atomic mass is 10.1. The second kappa shape index (κ2) is 5.60. The van der Waals surface area contributed by atoms with E-state index in [1.807, 2.05) is 0 Å². The second-order valence-electron chi connectivity index (χ2n) is 2.75. The summed E-state index contributed by atoms with van der Waals surface area (Å²) in [6.45, 7) is 0. The highest BCUT2D eigenvalue weighted by Crippen LogP contribution is 2.10. The van der Waals surface area contributed by atoms with Gasteiger partial charge in [0.1, 0.15) is 0 Å². The molecule has 0 bridgehead atoms. The van der Waals surface area contributed by atoms with Gasteiger partial charge in [0.25, 0.3) is 0 Å². The van der Waals surface area contributed by atoms with Gasteiger partial charge in [0.15, 0.2) is 0 Å². The van der Waals surface area contributed by atoms with Crippen molar-refractivity contribution in [2.75, 3.05) is 5.33 Å². The molecule has 0 nitrogen and oxygen atoms in total. The summed E-state index contributed by atoms with van der Waals surface area (Å²) in [7, 11) is 0. The molecular weight excluding hydrogens is 235 g/mol. The summed E-state index contributed by atoms with van der Waals surface area (Å²) in [5.41, 5.74) is 2.59. The van der Waals surface area contributed by atoms with Crippen molar-refractivity contribution in [2.45, 2.75) is 18.7 Å². The van der Waals surface area contributed by atoms with Crippen LogP contribution in [0.25, 0.3) is 0 Å². The summed E-state index contributed by atoms with van der Waals surface area (Å²) in [4.78, 5) is 0. The van der Waals surface area contributed by atoms with E-state index < -0.39 is 0 Å². The minimum atomic E-state index is 0.613. The van der Waals surface area contributed by atoms with Crippen LogP contribution < -0.4 is 0 Å². The van der Waals surface area contributed by atoms with Crippen LogP contribution in [0.5, 0.6) is 0 Å². The third-order valence-corrected chi connectivity index (χ3v) is 2.61. The van der Waals surface area contributed by atoms with E-state index in [1.165, 1.54) is 17.5 Å². The van der Waals surface area contributed by atoms with Gasteiger partial charge in [-0.25, -0.2) is 0 Å². The smallest absolute Gasteiger partial charge is 0.0474 e. The molecule has 0 fully saturated rings. The number of rotatable bonds is 4. The summed E-state index contributed by atoms with van der Waals surface area (Å²) >= 11 is 9.14. The Hall–Kier alpha value is -0.0100. The van der Waals surface area contributed by atoms with Crippen LogP contribution >= 0.6 is 27.5 Å². The molecule has 2 heteroatoms. The summed E-state index contributed by atoms with van der Waals surface area (Å²) in [5, 5.41) is 1.07. The van der Waals surface area contributed by atoms with E-state index in [1.54, 1.807) is 0 Å². The average Bonchev–Trinajstić information content (AvgIpc) is 2.15. The van der Waals surface area contributed by atoms with Crippen LogP contribution in [0.4, 0.5) is 0 Å². The van der Waals surface area contributed by atoms with E-state index in [2.05, 4.69) is 40.2 Å². The van der Waals surface area contributed by atoms with Crippen molar-refractivity contribution < 1.29 is 0 Å². The number of hydrogen-bond acceptors (Lipinski definition) is 0. The Morgan fingerprint density at radius 3 is 2.67 bits per heavy atom. The molecule has 0 aliphatic carbocycles. The van der Waals surface area contributed by atoms with E-state index in [9.17, 15) is 0 Å². The Morgan fingerprint density at radius 1 is 1.25 bits per heavy atom. The van der Waals surface area contributed by atoms with Crippen LogP contribution in [0.1, 0.15) is 17.5 Å². The molecule has 0 saturated heterocycles. The van der Waals surface area contributed by atoms with Crippen LogP contribution in [0.15, 0.2) is 24.3 Å². The highest BCUT2D eigenvalue weighted by atomic mass is 79.9. The standard InChI is InChI=1S/C10H12BrCl/c11-6-2-5-9-3-1-4-10(7-9)8-12/h1,3-4,7H,2,5-6,8H2. The highest BCUT2D eigenvalue weighted by Gasteiger charge is 1.94. The fourth-order valence-electron chi connectivity index (χ4n) is 1.14. The lowest BCUT2D eigenvalue weighted by molar-refractivity contribution is 0.937. The first kappa shape index (κ1) is 10.1. The predicted octanol–water partition coefficient (Wildman–Crippen LogP) is 3.75. The van der Waals surface area contributed by atoms with Gasteiger partial charge in [0.05, 0.1) is 0 Å². The first-order valence-electron chi connectivity index (χ1n) is 4.06. The van der Waals surface area contributed by atoms with Gasteiger partial charge in [-0.15, -0.1) is 11.6 Å². The van der Waals surface area contributed by atoms with E-state index in [4.69, 9.17) is 11.6 Å². The summed E-state index contributed by atoms with van der Waals surface area (Å²) < 4.78 is 0. The molecule has 0 spiro atoms. The Kier molecular flexibility index (Phi) is 4.70. The molecule has 12 heavy (non-hydrogen) atoms. The molecule has 0 aliphatic heterocycles. The Morgan fingerprint density at radius 2 is 2.00 bits per heavy atom. The van der Waals surface area contributed by atoms with Crippen molar-refractivity contribution in [2.24, 2.45) is 0 Å². The largest absolute Gasteiger partial charge is 0.122 e. The number of aryl methyl sites for hydroxylation is 1. The van der Waals surface area contributed by atoms with Crippen molar-refractivity contribution in [3.05, 3.63) is 35.4 Å². The second-order valence-corrected chi connectivity index (χ2v) is 3.81. The van der Waals surface area contributed by atoms with Crippen LogP contribution in [0, 0.1) is 0 Å². The van der Waals surface area contributed by atoms with Crippen molar-refractivity contribution in [3.63, 3.8) is 0 Å². The van der Waals surface area contributed by atoms with Gasteiger partial charge in [0.2, 0.25) is 0 Å². The molecule has 0 N–H and O–H groups in total. The average molecular weight is 248 g/mol. The van der Waals surface area contributed by atoms with Gasteiger partial charge in [-0.05, 0) is 24.0 Å². The molecule has 0 radical (unpaired) electrons. The number of alkyl halides is 2. The van der Waals surface area contributed by atoms with Gasteiger partial charge >= 0.3 is 0 Å². The van der Waals surface area contributed by atoms with Crippen molar-refractivity contribution in [1.82, 2.24) is 0 Å². The fraction of sp³-hybridized carbons (Fsp3) is 0.400. The molecule has 0 atom stereocenters. The van der Waals surface area contributed by atoms with Crippen LogP contribution in [-0.2, 0) is 12.3 Å². The van der Waals surface area contributed by atoms with Crippen LogP contribution in [0.2, 0.25) is 0 Å². The monoisotopic (exact) mass is 246 g/mol. The minimum absolute atomic E-state index is 0.613. The maximum absolute atomic E-state index is 5.72. The zero-order valence-corrected chi connectivity index (χ0v) is 9.24.